The smallest absolute Gasteiger partial charge is 0.276 e. The number of aryl methyl sites for hydroxylation is 2. The molecule has 8 nitrogen and oxygen atoms in total. The van der Waals surface area contributed by atoms with Crippen molar-refractivity contribution in [1.29, 1.82) is 0 Å². The van der Waals surface area contributed by atoms with E-state index in [4.69, 9.17) is 0 Å². The minimum Gasteiger partial charge on any atom is -0.335 e. The zero-order valence-corrected chi connectivity index (χ0v) is 16.4. The van der Waals surface area contributed by atoms with Gasteiger partial charge in [-0.1, -0.05) is 6.42 Å². The van der Waals surface area contributed by atoms with Crippen LogP contribution in [0, 0.1) is 13.8 Å². The summed E-state index contributed by atoms with van der Waals surface area (Å²) in [6.45, 7) is 3.72. The van der Waals surface area contributed by atoms with Crippen molar-refractivity contribution in [3.8, 4) is 0 Å². The van der Waals surface area contributed by atoms with Crippen LogP contribution < -0.4 is 16.2 Å². The Kier molecular flexibility index (Phi) is 4.49. The van der Waals surface area contributed by atoms with E-state index in [0.29, 0.717) is 17.2 Å². The number of carbonyl (C=O) groups is 1. The summed E-state index contributed by atoms with van der Waals surface area (Å²) in [5.41, 5.74) is 2.29. The number of anilines is 2. The van der Waals surface area contributed by atoms with E-state index in [-0.39, 0.29) is 11.5 Å². The first-order valence-corrected chi connectivity index (χ1v) is 9.57. The Hall–Kier alpha value is -3.03. The molecule has 146 valence electrons. The molecule has 2 aromatic heterocycles. The van der Waals surface area contributed by atoms with E-state index in [1.807, 2.05) is 13.8 Å². The third kappa shape index (κ3) is 2.80. The van der Waals surface area contributed by atoms with E-state index < -0.39 is 5.66 Å². The van der Waals surface area contributed by atoms with E-state index in [2.05, 4.69) is 25.6 Å². The first kappa shape index (κ1) is 18.3. The average Bonchev–Trinajstić information content (AvgIpc) is 2.95. The van der Waals surface area contributed by atoms with Crippen LogP contribution in [0.15, 0.2) is 22.2 Å². The summed E-state index contributed by atoms with van der Waals surface area (Å²) in [7, 11) is 1.68. The zero-order chi connectivity index (χ0) is 19.9. The van der Waals surface area contributed by atoms with Gasteiger partial charge >= 0.3 is 0 Å². The SMILES string of the molecule is C/N=C\c1c(C)ncnc1Nc1cc(C)c2n(c1=O)C1(CCCCC1)NC2=O. The van der Waals surface area contributed by atoms with Gasteiger partial charge in [0.15, 0.2) is 0 Å². The van der Waals surface area contributed by atoms with E-state index in [0.717, 1.165) is 48.9 Å². The molecule has 0 bridgehead atoms. The summed E-state index contributed by atoms with van der Waals surface area (Å²) in [4.78, 5) is 38.6. The van der Waals surface area contributed by atoms with Crippen molar-refractivity contribution in [2.24, 2.45) is 4.99 Å². The molecular formula is C20H24N6O2. The maximum absolute atomic E-state index is 13.4. The first-order chi connectivity index (χ1) is 13.5. The van der Waals surface area contributed by atoms with Crippen molar-refractivity contribution in [2.75, 3.05) is 12.4 Å². The van der Waals surface area contributed by atoms with Crippen LogP contribution in [-0.4, -0.2) is 33.7 Å². The Morgan fingerprint density at radius 1 is 1.21 bits per heavy atom. The van der Waals surface area contributed by atoms with Crippen LogP contribution in [0.1, 0.15) is 59.4 Å². The molecule has 0 atom stereocenters. The topological polar surface area (TPSA) is 101 Å². The molecule has 2 aliphatic rings. The number of hydrogen-bond donors (Lipinski definition) is 2. The molecule has 28 heavy (non-hydrogen) atoms. The number of hydrogen-bond acceptors (Lipinski definition) is 6. The quantitative estimate of drug-likeness (QED) is 0.796. The molecule has 1 amide bonds. The van der Waals surface area contributed by atoms with E-state index in [1.54, 1.807) is 23.9 Å². The Morgan fingerprint density at radius 3 is 2.68 bits per heavy atom. The normalized spacial score (nSPS) is 17.8. The second kappa shape index (κ2) is 6.85. The molecule has 2 N–H and O–H groups in total. The molecule has 8 heteroatoms. The highest BCUT2D eigenvalue weighted by atomic mass is 16.2. The Bertz CT molecular complexity index is 1030. The van der Waals surface area contributed by atoms with Gasteiger partial charge in [-0.3, -0.25) is 19.1 Å². The molecular weight excluding hydrogens is 356 g/mol. The Morgan fingerprint density at radius 2 is 1.96 bits per heavy atom. The van der Waals surface area contributed by atoms with Crippen LogP contribution in [0.5, 0.6) is 0 Å². The molecule has 1 aliphatic heterocycles. The second-order valence-corrected chi connectivity index (χ2v) is 7.51. The first-order valence-electron chi connectivity index (χ1n) is 9.57. The van der Waals surface area contributed by atoms with Gasteiger partial charge in [0, 0.05) is 13.3 Å². The van der Waals surface area contributed by atoms with E-state index in [9.17, 15) is 9.59 Å². The molecule has 3 heterocycles. The standard InChI is InChI=1S/C20H24N6O2/c1-12-9-15(24-17-14(10-21-3)13(2)22-11-23-17)19(28)26-16(12)18(27)25-20(26)7-5-4-6-8-20/h9-11H,4-8H2,1-3H3,(H,25,27)(H,22,23,24)/b21-10-. The van der Waals surface area contributed by atoms with Gasteiger partial charge < -0.3 is 10.6 Å². The van der Waals surface area contributed by atoms with Crippen LogP contribution in [0.3, 0.4) is 0 Å². The van der Waals surface area contributed by atoms with Crippen LogP contribution in [0.2, 0.25) is 0 Å². The monoisotopic (exact) mass is 380 g/mol. The summed E-state index contributed by atoms with van der Waals surface area (Å²) < 4.78 is 1.67. The third-order valence-electron chi connectivity index (χ3n) is 5.66. The van der Waals surface area contributed by atoms with Crippen LogP contribution in [0.25, 0.3) is 0 Å². The van der Waals surface area contributed by atoms with Gasteiger partial charge in [0.2, 0.25) is 0 Å². The summed E-state index contributed by atoms with van der Waals surface area (Å²) in [6.07, 6.45) is 7.78. The van der Waals surface area contributed by atoms with Crippen molar-refractivity contribution in [2.45, 2.75) is 51.6 Å². The lowest BCUT2D eigenvalue weighted by Gasteiger charge is -2.35. The Labute approximate surface area is 163 Å². The largest absolute Gasteiger partial charge is 0.335 e. The molecule has 1 saturated carbocycles. The van der Waals surface area contributed by atoms with Crippen molar-refractivity contribution >= 4 is 23.6 Å². The number of nitrogens with one attached hydrogen (secondary N) is 2. The predicted molar refractivity (Wildman–Crippen MR) is 108 cm³/mol. The average molecular weight is 380 g/mol. The summed E-state index contributed by atoms with van der Waals surface area (Å²) in [6, 6.07) is 1.72. The van der Waals surface area contributed by atoms with Gasteiger partial charge in [-0.15, -0.1) is 0 Å². The second-order valence-electron chi connectivity index (χ2n) is 7.51. The highest BCUT2D eigenvalue weighted by Gasteiger charge is 2.45. The van der Waals surface area contributed by atoms with E-state index in [1.165, 1.54) is 6.33 Å². The fourth-order valence-electron chi connectivity index (χ4n) is 4.33. The number of amides is 1. The van der Waals surface area contributed by atoms with Gasteiger partial charge in [-0.05, 0) is 51.2 Å². The van der Waals surface area contributed by atoms with Crippen molar-refractivity contribution < 1.29 is 4.79 Å². The number of nitrogens with zero attached hydrogens (tertiary/aromatic N) is 4. The number of fused-ring (bicyclic) bond motifs is 2. The molecule has 0 radical (unpaired) electrons. The lowest BCUT2D eigenvalue weighted by Crippen LogP contribution is -2.48. The molecule has 1 aliphatic carbocycles. The lowest BCUT2D eigenvalue weighted by molar-refractivity contribution is 0.0876. The van der Waals surface area contributed by atoms with Crippen molar-refractivity contribution in [3.05, 3.63) is 45.3 Å². The number of rotatable bonds is 3. The third-order valence-corrected chi connectivity index (χ3v) is 5.66. The summed E-state index contributed by atoms with van der Waals surface area (Å²) in [5, 5.41) is 6.26. The maximum Gasteiger partial charge on any atom is 0.276 e. The minimum absolute atomic E-state index is 0.167. The van der Waals surface area contributed by atoms with Crippen LogP contribution in [0.4, 0.5) is 11.5 Å². The number of pyridine rings is 1. The van der Waals surface area contributed by atoms with Crippen molar-refractivity contribution in [1.82, 2.24) is 19.9 Å². The van der Waals surface area contributed by atoms with Crippen LogP contribution >= 0.6 is 0 Å². The molecule has 0 unspecified atom stereocenters. The molecule has 4 rings (SSSR count). The number of aromatic nitrogens is 3. The highest BCUT2D eigenvalue weighted by molar-refractivity contribution is 5.97. The van der Waals surface area contributed by atoms with Gasteiger partial charge in [0.1, 0.15) is 29.2 Å². The maximum atomic E-state index is 13.4. The number of aliphatic imine (C=N–C) groups is 1. The van der Waals surface area contributed by atoms with Gasteiger partial charge in [-0.25, -0.2) is 9.97 Å². The fourth-order valence-corrected chi connectivity index (χ4v) is 4.33. The molecule has 1 spiro atoms. The van der Waals surface area contributed by atoms with Crippen LogP contribution in [-0.2, 0) is 5.66 Å². The minimum atomic E-state index is -0.612. The van der Waals surface area contributed by atoms with Gasteiger partial charge in [0.05, 0.1) is 11.3 Å². The summed E-state index contributed by atoms with van der Waals surface area (Å²) in [5.74, 6) is 0.352. The lowest BCUT2D eigenvalue weighted by atomic mass is 9.89. The zero-order valence-electron chi connectivity index (χ0n) is 16.4. The molecule has 0 aromatic carbocycles. The number of carbonyl (C=O) groups excluding carboxylic acids is 1. The van der Waals surface area contributed by atoms with Crippen molar-refractivity contribution in [3.63, 3.8) is 0 Å². The van der Waals surface area contributed by atoms with Gasteiger partial charge in [-0.2, -0.15) is 0 Å². The summed E-state index contributed by atoms with van der Waals surface area (Å²) >= 11 is 0. The van der Waals surface area contributed by atoms with E-state index >= 15 is 0 Å². The predicted octanol–water partition coefficient (Wildman–Crippen LogP) is 2.41. The molecule has 2 aromatic rings. The van der Waals surface area contributed by atoms with Gasteiger partial charge in [0.25, 0.3) is 11.5 Å². The Balaban J connectivity index is 1.85. The molecule has 1 fully saturated rings. The highest BCUT2D eigenvalue weighted by Crippen LogP contribution is 2.37. The molecule has 0 saturated heterocycles. The fraction of sp³-hybridized carbons (Fsp3) is 0.450.